The third kappa shape index (κ3) is 2.89. The largest absolute Gasteiger partial charge is 0.323 e. The SMILES string of the molecule is O=C(Nc1cc(Cl)c(Br)cc1F)C1[C@H]2CC[C@H]1c1n[nH]c(=O)cc1C2. The molecule has 2 aromatic rings. The molecule has 3 atom stereocenters. The predicted octanol–water partition coefficient (Wildman–Crippen LogP) is 3.63. The van der Waals surface area contributed by atoms with Gasteiger partial charge in [0.1, 0.15) is 5.82 Å². The lowest BCUT2D eigenvalue weighted by molar-refractivity contribution is -0.121. The van der Waals surface area contributed by atoms with Crippen molar-refractivity contribution in [3.05, 3.63) is 55.1 Å². The average molecular weight is 427 g/mol. The lowest BCUT2D eigenvalue weighted by Crippen LogP contribution is -2.35. The Morgan fingerprint density at radius 2 is 2.16 bits per heavy atom. The highest BCUT2D eigenvalue weighted by atomic mass is 79.9. The Labute approximate surface area is 156 Å². The zero-order valence-corrected chi connectivity index (χ0v) is 15.3. The summed E-state index contributed by atoms with van der Waals surface area (Å²) >= 11 is 9.15. The van der Waals surface area contributed by atoms with Crippen molar-refractivity contribution in [1.82, 2.24) is 10.2 Å². The molecule has 1 aromatic heterocycles. The number of carbonyl (C=O) groups excluding carboxylic acids is 1. The molecule has 130 valence electrons. The molecule has 0 saturated heterocycles. The Balaban J connectivity index is 1.63. The van der Waals surface area contributed by atoms with E-state index in [0.717, 1.165) is 24.1 Å². The number of fused-ring (bicyclic) bond motifs is 4. The molecule has 0 aliphatic heterocycles. The first-order valence-corrected chi connectivity index (χ1v) is 9.15. The van der Waals surface area contributed by atoms with Crippen LogP contribution in [0.5, 0.6) is 0 Å². The Morgan fingerprint density at radius 3 is 2.96 bits per heavy atom. The molecule has 5 nitrogen and oxygen atoms in total. The number of amides is 1. The van der Waals surface area contributed by atoms with Crippen molar-refractivity contribution >= 4 is 39.1 Å². The predicted molar refractivity (Wildman–Crippen MR) is 95.3 cm³/mol. The monoisotopic (exact) mass is 425 g/mol. The molecular formula is C17H14BrClFN3O2. The van der Waals surface area contributed by atoms with E-state index < -0.39 is 5.82 Å². The van der Waals surface area contributed by atoms with Gasteiger partial charge in [0.05, 0.1) is 16.4 Å². The Bertz CT molecular complexity index is 933. The third-order valence-corrected chi connectivity index (χ3v) is 6.31. The fraction of sp³-hybridized carbons (Fsp3) is 0.353. The molecule has 4 rings (SSSR count). The van der Waals surface area contributed by atoms with E-state index in [4.69, 9.17) is 11.6 Å². The molecule has 2 aliphatic carbocycles. The average Bonchev–Trinajstić information content (AvgIpc) is 2.88. The van der Waals surface area contributed by atoms with Gasteiger partial charge in [0.2, 0.25) is 5.91 Å². The maximum Gasteiger partial charge on any atom is 0.264 e. The van der Waals surface area contributed by atoms with Crippen LogP contribution >= 0.6 is 27.5 Å². The highest BCUT2D eigenvalue weighted by Gasteiger charge is 2.47. The van der Waals surface area contributed by atoms with Crippen LogP contribution < -0.4 is 10.9 Å². The normalized spacial score (nSPS) is 24.0. The summed E-state index contributed by atoms with van der Waals surface area (Å²) in [7, 11) is 0. The number of benzene rings is 1. The number of hydrogen-bond acceptors (Lipinski definition) is 3. The van der Waals surface area contributed by atoms with Gasteiger partial charge >= 0.3 is 0 Å². The van der Waals surface area contributed by atoms with E-state index in [-0.39, 0.29) is 34.9 Å². The zero-order chi connectivity index (χ0) is 17.7. The van der Waals surface area contributed by atoms with E-state index in [2.05, 4.69) is 31.4 Å². The van der Waals surface area contributed by atoms with Crippen molar-refractivity contribution in [2.24, 2.45) is 11.8 Å². The number of nitrogens with zero attached hydrogens (tertiary/aromatic N) is 1. The van der Waals surface area contributed by atoms with Gasteiger partial charge in [-0.15, -0.1) is 0 Å². The fourth-order valence-electron chi connectivity index (χ4n) is 4.07. The topological polar surface area (TPSA) is 74.8 Å². The standard InChI is InChI=1S/C17H14BrClFN3O2/c18-10-5-12(20)13(6-11(10)19)21-17(25)15-7-1-2-9(15)16-8(3-7)4-14(24)22-23-16/h4-7,9,15H,1-3H2,(H,21,25)(H,22,24)/t7-,9+,15?/m0/s1. The lowest BCUT2D eigenvalue weighted by atomic mass is 9.77. The lowest BCUT2D eigenvalue weighted by Gasteiger charge is -2.29. The van der Waals surface area contributed by atoms with Crippen molar-refractivity contribution in [2.45, 2.75) is 25.2 Å². The number of rotatable bonds is 2. The van der Waals surface area contributed by atoms with Crippen molar-refractivity contribution in [3.8, 4) is 0 Å². The first-order valence-electron chi connectivity index (χ1n) is 7.98. The van der Waals surface area contributed by atoms with Gasteiger partial charge in [0.15, 0.2) is 0 Å². The van der Waals surface area contributed by atoms with Gasteiger partial charge in [-0.25, -0.2) is 9.49 Å². The minimum absolute atomic E-state index is 0.0559. The minimum atomic E-state index is -0.546. The second-order valence-electron chi connectivity index (χ2n) is 6.55. The number of anilines is 1. The van der Waals surface area contributed by atoms with Gasteiger partial charge in [0.25, 0.3) is 5.56 Å². The van der Waals surface area contributed by atoms with E-state index in [0.29, 0.717) is 15.9 Å². The molecule has 0 spiro atoms. The maximum atomic E-state index is 14.1. The number of hydrogen-bond donors (Lipinski definition) is 2. The first kappa shape index (κ1) is 16.7. The molecule has 25 heavy (non-hydrogen) atoms. The zero-order valence-electron chi connectivity index (χ0n) is 13.0. The van der Waals surface area contributed by atoms with Gasteiger partial charge in [-0.05, 0) is 58.8 Å². The van der Waals surface area contributed by atoms with E-state index >= 15 is 0 Å². The number of nitrogens with one attached hydrogen (secondary N) is 2. The molecule has 2 aliphatic rings. The summed E-state index contributed by atoms with van der Waals surface area (Å²) in [5.41, 5.74) is 1.53. The summed E-state index contributed by atoms with van der Waals surface area (Å²) < 4.78 is 14.5. The maximum absolute atomic E-state index is 14.1. The van der Waals surface area contributed by atoms with Crippen LogP contribution in [0, 0.1) is 17.7 Å². The first-order chi connectivity index (χ1) is 11.9. The highest BCUT2D eigenvalue weighted by Crippen LogP contribution is 2.49. The van der Waals surface area contributed by atoms with E-state index in [1.807, 2.05) is 0 Å². The van der Waals surface area contributed by atoms with Crippen LogP contribution in [0.1, 0.15) is 30.0 Å². The van der Waals surface area contributed by atoms with Crippen LogP contribution in [-0.2, 0) is 11.2 Å². The van der Waals surface area contributed by atoms with Crippen LogP contribution in [0.2, 0.25) is 5.02 Å². The summed E-state index contributed by atoms with van der Waals surface area (Å²) in [5, 5.41) is 9.61. The number of H-pyrrole nitrogens is 1. The van der Waals surface area contributed by atoms with Gasteiger partial charge in [0, 0.05) is 22.4 Å². The summed E-state index contributed by atoms with van der Waals surface area (Å²) in [6.45, 7) is 0. The van der Waals surface area contributed by atoms with Gasteiger partial charge in [-0.2, -0.15) is 5.10 Å². The van der Waals surface area contributed by atoms with Crippen molar-refractivity contribution < 1.29 is 9.18 Å². The molecular weight excluding hydrogens is 413 g/mol. The molecule has 1 saturated carbocycles. The van der Waals surface area contributed by atoms with Crippen LogP contribution in [0.3, 0.4) is 0 Å². The number of halogens is 3. The summed E-state index contributed by atoms with van der Waals surface area (Å²) in [5.74, 6) is -0.985. The Kier molecular flexibility index (Phi) is 4.16. The van der Waals surface area contributed by atoms with E-state index in [9.17, 15) is 14.0 Å². The number of aromatic amines is 1. The smallest absolute Gasteiger partial charge is 0.264 e. The molecule has 0 radical (unpaired) electrons. The fourth-order valence-corrected chi connectivity index (χ4v) is 4.55. The highest BCUT2D eigenvalue weighted by molar-refractivity contribution is 9.10. The Morgan fingerprint density at radius 1 is 1.36 bits per heavy atom. The van der Waals surface area contributed by atoms with Crippen molar-refractivity contribution in [3.63, 3.8) is 0 Å². The molecule has 1 unspecified atom stereocenters. The van der Waals surface area contributed by atoms with E-state index in [1.54, 1.807) is 6.07 Å². The minimum Gasteiger partial charge on any atom is -0.323 e. The molecule has 8 heteroatoms. The van der Waals surface area contributed by atoms with Crippen LogP contribution in [0.4, 0.5) is 10.1 Å². The second kappa shape index (κ2) is 6.21. The van der Waals surface area contributed by atoms with Gasteiger partial charge in [-0.1, -0.05) is 11.6 Å². The number of carbonyl (C=O) groups is 1. The van der Waals surface area contributed by atoms with Gasteiger partial charge in [-0.3, -0.25) is 9.59 Å². The molecule has 1 aromatic carbocycles. The molecule has 2 N–H and O–H groups in total. The summed E-state index contributed by atoms with van der Waals surface area (Å²) in [6, 6.07) is 4.19. The summed E-state index contributed by atoms with van der Waals surface area (Å²) in [4.78, 5) is 24.3. The third-order valence-electron chi connectivity index (χ3n) is 5.11. The quantitative estimate of drug-likeness (QED) is 0.720. The Hall–Kier alpha value is -1.73. The number of aromatic nitrogens is 2. The van der Waals surface area contributed by atoms with Crippen LogP contribution in [0.25, 0.3) is 0 Å². The second-order valence-corrected chi connectivity index (χ2v) is 7.81. The molecule has 1 fully saturated rings. The molecule has 1 heterocycles. The molecule has 1 amide bonds. The van der Waals surface area contributed by atoms with Crippen molar-refractivity contribution in [1.29, 1.82) is 0 Å². The van der Waals surface area contributed by atoms with Gasteiger partial charge < -0.3 is 5.32 Å². The summed E-state index contributed by atoms with van der Waals surface area (Å²) in [6.07, 6.45) is 2.36. The van der Waals surface area contributed by atoms with E-state index in [1.165, 1.54) is 12.1 Å². The van der Waals surface area contributed by atoms with Crippen LogP contribution in [-0.4, -0.2) is 16.1 Å². The van der Waals surface area contributed by atoms with Crippen LogP contribution in [0.15, 0.2) is 27.5 Å². The van der Waals surface area contributed by atoms with Crippen molar-refractivity contribution in [2.75, 3.05) is 5.32 Å². The molecule has 2 bridgehead atoms.